The number of aromatic nitrogens is 1. The Morgan fingerprint density at radius 1 is 1.08 bits per heavy atom. The molecule has 0 bridgehead atoms. The van der Waals surface area contributed by atoms with Crippen LogP contribution in [-0.2, 0) is 6.61 Å². The average molecular weight is 350 g/mol. The SMILES string of the molecule is Cc1cccc(OCc2c(C(=O)Nc3cc(C)ccc3C)noc2C)c1. The number of ether oxygens (including phenoxy) is 1. The largest absolute Gasteiger partial charge is 0.489 e. The predicted molar refractivity (Wildman–Crippen MR) is 101 cm³/mol. The van der Waals surface area contributed by atoms with E-state index in [0.29, 0.717) is 11.3 Å². The first kappa shape index (κ1) is 17.7. The molecule has 3 aromatic rings. The van der Waals surface area contributed by atoms with Gasteiger partial charge >= 0.3 is 0 Å². The van der Waals surface area contributed by atoms with Crippen molar-refractivity contribution in [1.82, 2.24) is 5.16 Å². The van der Waals surface area contributed by atoms with Crippen LogP contribution in [-0.4, -0.2) is 11.1 Å². The number of anilines is 1. The average Bonchev–Trinajstić information content (AvgIpc) is 2.97. The van der Waals surface area contributed by atoms with Gasteiger partial charge in [-0.2, -0.15) is 0 Å². The summed E-state index contributed by atoms with van der Waals surface area (Å²) in [5.41, 5.74) is 4.83. The molecular formula is C21H22N2O3. The van der Waals surface area contributed by atoms with E-state index in [0.717, 1.165) is 28.1 Å². The molecule has 1 aromatic heterocycles. The van der Waals surface area contributed by atoms with Gasteiger partial charge < -0.3 is 14.6 Å². The van der Waals surface area contributed by atoms with Gasteiger partial charge in [-0.3, -0.25) is 4.79 Å². The van der Waals surface area contributed by atoms with E-state index >= 15 is 0 Å². The summed E-state index contributed by atoms with van der Waals surface area (Å²) in [4.78, 5) is 12.7. The van der Waals surface area contributed by atoms with E-state index in [-0.39, 0.29) is 18.2 Å². The van der Waals surface area contributed by atoms with Crippen molar-refractivity contribution in [3.05, 3.63) is 76.2 Å². The van der Waals surface area contributed by atoms with Gasteiger partial charge in [-0.25, -0.2) is 0 Å². The first-order valence-electron chi connectivity index (χ1n) is 8.47. The van der Waals surface area contributed by atoms with E-state index in [1.54, 1.807) is 6.92 Å². The van der Waals surface area contributed by atoms with Crippen LogP contribution in [0.2, 0.25) is 0 Å². The van der Waals surface area contributed by atoms with Crippen molar-refractivity contribution >= 4 is 11.6 Å². The van der Waals surface area contributed by atoms with Crippen molar-refractivity contribution in [3.63, 3.8) is 0 Å². The highest BCUT2D eigenvalue weighted by atomic mass is 16.5. The zero-order valence-electron chi connectivity index (χ0n) is 15.4. The smallest absolute Gasteiger partial charge is 0.278 e. The lowest BCUT2D eigenvalue weighted by Gasteiger charge is -2.10. The third-order valence-corrected chi connectivity index (χ3v) is 4.21. The maximum absolute atomic E-state index is 12.7. The van der Waals surface area contributed by atoms with Crippen molar-refractivity contribution in [2.45, 2.75) is 34.3 Å². The maximum atomic E-state index is 12.7. The molecule has 0 aliphatic carbocycles. The van der Waals surface area contributed by atoms with Crippen LogP contribution < -0.4 is 10.1 Å². The van der Waals surface area contributed by atoms with Crippen LogP contribution in [0.1, 0.15) is 38.5 Å². The molecular weight excluding hydrogens is 328 g/mol. The molecule has 26 heavy (non-hydrogen) atoms. The van der Waals surface area contributed by atoms with Crippen LogP contribution in [0, 0.1) is 27.7 Å². The minimum absolute atomic E-state index is 0.217. The molecule has 0 atom stereocenters. The predicted octanol–water partition coefficient (Wildman–Crippen LogP) is 4.74. The summed E-state index contributed by atoms with van der Waals surface area (Å²) >= 11 is 0. The summed E-state index contributed by atoms with van der Waals surface area (Å²) in [6.45, 7) is 7.92. The second kappa shape index (κ2) is 7.44. The fourth-order valence-electron chi connectivity index (χ4n) is 2.65. The molecule has 0 saturated carbocycles. The van der Waals surface area contributed by atoms with E-state index in [4.69, 9.17) is 9.26 Å². The summed E-state index contributed by atoms with van der Waals surface area (Å²) in [5.74, 6) is 1.01. The van der Waals surface area contributed by atoms with Gasteiger partial charge in [0.15, 0.2) is 5.69 Å². The van der Waals surface area contributed by atoms with Gasteiger partial charge in [-0.1, -0.05) is 29.4 Å². The summed E-state index contributed by atoms with van der Waals surface area (Å²) < 4.78 is 11.0. The van der Waals surface area contributed by atoms with Crippen LogP contribution in [0.3, 0.4) is 0 Å². The van der Waals surface area contributed by atoms with Crippen molar-refractivity contribution in [3.8, 4) is 5.75 Å². The van der Waals surface area contributed by atoms with Crippen molar-refractivity contribution in [2.24, 2.45) is 0 Å². The third kappa shape index (κ3) is 3.94. The second-order valence-electron chi connectivity index (χ2n) is 6.44. The molecule has 2 aromatic carbocycles. The fraction of sp³-hybridized carbons (Fsp3) is 0.238. The molecule has 1 heterocycles. The molecule has 0 aliphatic heterocycles. The number of aryl methyl sites for hydroxylation is 4. The standard InChI is InChI=1S/C21H22N2O3/c1-13-6-5-7-17(10-13)25-12-18-16(4)26-23-20(18)21(24)22-19-11-14(2)8-9-15(19)3/h5-11H,12H2,1-4H3,(H,22,24). The Kier molecular flexibility index (Phi) is 5.07. The number of nitrogens with one attached hydrogen (secondary N) is 1. The van der Waals surface area contributed by atoms with Gasteiger partial charge in [0.2, 0.25) is 0 Å². The lowest BCUT2D eigenvalue weighted by atomic mass is 10.1. The van der Waals surface area contributed by atoms with Crippen LogP contribution in [0.25, 0.3) is 0 Å². The summed E-state index contributed by atoms with van der Waals surface area (Å²) in [6, 6.07) is 13.7. The molecule has 0 radical (unpaired) electrons. The number of carbonyl (C=O) groups is 1. The number of hydrogen-bond acceptors (Lipinski definition) is 4. The van der Waals surface area contributed by atoms with Crippen LogP contribution in [0.15, 0.2) is 47.0 Å². The van der Waals surface area contributed by atoms with Gasteiger partial charge in [0.05, 0.1) is 5.56 Å². The molecule has 1 N–H and O–H groups in total. The van der Waals surface area contributed by atoms with Crippen LogP contribution >= 0.6 is 0 Å². The topological polar surface area (TPSA) is 64.4 Å². The first-order chi connectivity index (χ1) is 12.4. The fourth-order valence-corrected chi connectivity index (χ4v) is 2.65. The minimum atomic E-state index is -0.307. The van der Waals surface area contributed by atoms with Crippen LogP contribution in [0.5, 0.6) is 5.75 Å². The number of rotatable bonds is 5. The Hall–Kier alpha value is -3.08. The number of benzene rings is 2. The zero-order chi connectivity index (χ0) is 18.7. The Morgan fingerprint density at radius 3 is 2.62 bits per heavy atom. The second-order valence-corrected chi connectivity index (χ2v) is 6.44. The lowest BCUT2D eigenvalue weighted by Crippen LogP contribution is -2.16. The van der Waals surface area contributed by atoms with Gasteiger partial charge in [-0.15, -0.1) is 0 Å². The van der Waals surface area contributed by atoms with E-state index in [1.807, 2.05) is 63.2 Å². The molecule has 5 heteroatoms. The van der Waals surface area contributed by atoms with E-state index in [2.05, 4.69) is 10.5 Å². The molecule has 134 valence electrons. The Bertz CT molecular complexity index is 944. The quantitative estimate of drug-likeness (QED) is 0.722. The summed E-state index contributed by atoms with van der Waals surface area (Å²) in [6.07, 6.45) is 0. The van der Waals surface area contributed by atoms with Gasteiger partial charge in [0.1, 0.15) is 18.1 Å². The summed E-state index contributed by atoms with van der Waals surface area (Å²) in [7, 11) is 0. The Morgan fingerprint density at radius 2 is 1.85 bits per heavy atom. The van der Waals surface area contributed by atoms with Crippen molar-refractivity contribution in [1.29, 1.82) is 0 Å². The number of carbonyl (C=O) groups excluding carboxylic acids is 1. The minimum Gasteiger partial charge on any atom is -0.489 e. The third-order valence-electron chi connectivity index (χ3n) is 4.21. The summed E-state index contributed by atoms with van der Waals surface area (Å²) in [5, 5.41) is 6.84. The normalized spacial score (nSPS) is 10.6. The Balaban J connectivity index is 1.78. The first-order valence-corrected chi connectivity index (χ1v) is 8.47. The lowest BCUT2D eigenvalue weighted by molar-refractivity contribution is 0.101. The van der Waals surface area contributed by atoms with Gasteiger partial charge in [0.25, 0.3) is 5.91 Å². The van der Waals surface area contributed by atoms with E-state index in [9.17, 15) is 4.79 Å². The Labute approximate surface area is 153 Å². The number of amides is 1. The maximum Gasteiger partial charge on any atom is 0.278 e. The van der Waals surface area contributed by atoms with E-state index < -0.39 is 0 Å². The van der Waals surface area contributed by atoms with Crippen molar-refractivity contribution in [2.75, 3.05) is 5.32 Å². The zero-order valence-corrected chi connectivity index (χ0v) is 15.4. The van der Waals surface area contributed by atoms with E-state index in [1.165, 1.54) is 0 Å². The van der Waals surface area contributed by atoms with Crippen molar-refractivity contribution < 1.29 is 14.1 Å². The van der Waals surface area contributed by atoms with Crippen LogP contribution in [0.4, 0.5) is 5.69 Å². The highest BCUT2D eigenvalue weighted by Gasteiger charge is 2.21. The highest BCUT2D eigenvalue weighted by Crippen LogP contribution is 2.21. The van der Waals surface area contributed by atoms with Gasteiger partial charge in [0, 0.05) is 5.69 Å². The molecule has 0 saturated heterocycles. The number of nitrogens with zero attached hydrogens (tertiary/aromatic N) is 1. The number of hydrogen-bond donors (Lipinski definition) is 1. The molecule has 1 amide bonds. The molecule has 0 fully saturated rings. The molecule has 3 rings (SSSR count). The highest BCUT2D eigenvalue weighted by molar-refractivity contribution is 6.04. The van der Waals surface area contributed by atoms with Gasteiger partial charge in [-0.05, 0) is 62.6 Å². The molecule has 0 spiro atoms. The molecule has 0 unspecified atom stereocenters. The monoisotopic (exact) mass is 350 g/mol. The molecule has 5 nitrogen and oxygen atoms in total. The molecule has 0 aliphatic rings.